The van der Waals surface area contributed by atoms with Gasteiger partial charge in [-0.2, -0.15) is 0 Å². The summed E-state index contributed by atoms with van der Waals surface area (Å²) < 4.78 is 52.7. The zero-order valence-corrected chi connectivity index (χ0v) is 9.50. The zero-order valence-electron chi connectivity index (χ0n) is 9.50. The molecule has 2 nitrogen and oxygen atoms in total. The molecule has 0 aliphatic carbocycles. The Morgan fingerprint density at radius 2 is 1.42 bits per heavy atom. The maximum Gasteiger partial charge on any atom is 0.187 e. The lowest BCUT2D eigenvalue weighted by atomic mass is 10.2. The van der Waals surface area contributed by atoms with Crippen LogP contribution in [0.5, 0.6) is 0 Å². The average molecular weight is 268 g/mol. The average Bonchev–Trinajstić information content (AvgIpc) is 2.42. The van der Waals surface area contributed by atoms with Crippen LogP contribution >= 0.6 is 0 Å². The van der Waals surface area contributed by atoms with Gasteiger partial charge in [-0.15, -0.1) is 0 Å². The van der Waals surface area contributed by atoms with Crippen molar-refractivity contribution in [3.8, 4) is 0 Å². The van der Waals surface area contributed by atoms with Crippen molar-refractivity contribution in [3.05, 3.63) is 65.2 Å². The molecule has 0 amide bonds. The van der Waals surface area contributed by atoms with E-state index in [9.17, 15) is 17.6 Å². The Morgan fingerprint density at radius 1 is 0.895 bits per heavy atom. The van der Waals surface area contributed by atoms with Crippen molar-refractivity contribution in [3.63, 3.8) is 0 Å². The Kier molecular flexibility index (Phi) is 3.50. The van der Waals surface area contributed by atoms with Crippen LogP contribution in [0.1, 0.15) is 5.56 Å². The number of halogens is 4. The number of amidine groups is 1. The molecule has 0 aromatic heterocycles. The van der Waals surface area contributed by atoms with Gasteiger partial charge in [0.25, 0.3) is 0 Å². The van der Waals surface area contributed by atoms with Crippen molar-refractivity contribution in [2.24, 2.45) is 10.7 Å². The van der Waals surface area contributed by atoms with Crippen LogP contribution in [0.4, 0.5) is 23.2 Å². The summed E-state index contributed by atoms with van der Waals surface area (Å²) >= 11 is 0. The van der Waals surface area contributed by atoms with Crippen molar-refractivity contribution in [1.82, 2.24) is 0 Å². The molecule has 19 heavy (non-hydrogen) atoms. The summed E-state index contributed by atoms with van der Waals surface area (Å²) in [6.07, 6.45) is 0. The minimum absolute atomic E-state index is 0.113. The third kappa shape index (κ3) is 2.57. The van der Waals surface area contributed by atoms with E-state index >= 15 is 0 Å². The fourth-order valence-corrected chi connectivity index (χ4v) is 1.45. The molecule has 0 aliphatic rings. The number of benzene rings is 2. The predicted octanol–water partition coefficient (Wildman–Crippen LogP) is 3.28. The molecule has 0 spiro atoms. The lowest BCUT2D eigenvalue weighted by Gasteiger charge is -2.04. The van der Waals surface area contributed by atoms with Crippen LogP contribution < -0.4 is 5.73 Å². The van der Waals surface area contributed by atoms with E-state index in [1.807, 2.05) is 0 Å². The van der Waals surface area contributed by atoms with Gasteiger partial charge in [-0.05, 0) is 0 Å². The van der Waals surface area contributed by atoms with Gasteiger partial charge in [0.15, 0.2) is 23.3 Å². The van der Waals surface area contributed by atoms with Crippen LogP contribution in [-0.4, -0.2) is 5.84 Å². The molecule has 0 atom stereocenters. The Hall–Kier alpha value is -2.37. The third-order valence-electron chi connectivity index (χ3n) is 2.39. The summed E-state index contributed by atoms with van der Waals surface area (Å²) in [5.41, 5.74) is 4.83. The van der Waals surface area contributed by atoms with E-state index in [1.165, 1.54) is 0 Å². The SMILES string of the molecule is NC(=Nc1c(F)c(F)cc(F)c1F)c1ccccc1. The molecular weight excluding hydrogens is 260 g/mol. The van der Waals surface area contributed by atoms with Crippen molar-refractivity contribution in [2.75, 3.05) is 0 Å². The molecule has 0 bridgehead atoms. The fraction of sp³-hybridized carbons (Fsp3) is 0. The van der Waals surface area contributed by atoms with Gasteiger partial charge in [0.05, 0.1) is 0 Å². The molecule has 2 N–H and O–H groups in total. The standard InChI is InChI=1S/C13H8F4N2/c14-8-6-9(15)11(17)12(10(8)16)19-13(18)7-4-2-1-3-5-7/h1-6H,(H2,18,19). The summed E-state index contributed by atoms with van der Waals surface area (Å²) in [6.45, 7) is 0. The van der Waals surface area contributed by atoms with Gasteiger partial charge in [0, 0.05) is 11.6 Å². The zero-order chi connectivity index (χ0) is 14.0. The lowest BCUT2D eigenvalue weighted by Crippen LogP contribution is -2.13. The Labute approximate surface area is 106 Å². The van der Waals surface area contributed by atoms with Gasteiger partial charge >= 0.3 is 0 Å². The summed E-state index contributed by atoms with van der Waals surface area (Å²) in [5.74, 6) is -6.48. The second kappa shape index (κ2) is 5.09. The monoisotopic (exact) mass is 268 g/mol. The quantitative estimate of drug-likeness (QED) is 0.386. The molecule has 0 saturated heterocycles. The predicted molar refractivity (Wildman–Crippen MR) is 63.1 cm³/mol. The number of rotatable bonds is 2. The highest BCUT2D eigenvalue weighted by Gasteiger charge is 2.19. The van der Waals surface area contributed by atoms with Gasteiger partial charge < -0.3 is 5.73 Å². The lowest BCUT2D eigenvalue weighted by molar-refractivity contribution is 0.457. The van der Waals surface area contributed by atoms with Crippen molar-refractivity contribution >= 4 is 11.5 Å². The van der Waals surface area contributed by atoms with Crippen LogP contribution in [0.3, 0.4) is 0 Å². The summed E-state index contributed by atoms with van der Waals surface area (Å²) in [7, 11) is 0. The first kappa shape index (κ1) is 13.1. The van der Waals surface area contributed by atoms with E-state index in [-0.39, 0.29) is 11.9 Å². The van der Waals surface area contributed by atoms with E-state index < -0.39 is 29.0 Å². The molecule has 6 heteroatoms. The van der Waals surface area contributed by atoms with Gasteiger partial charge in [-0.3, -0.25) is 0 Å². The van der Waals surface area contributed by atoms with Gasteiger partial charge in [-0.25, -0.2) is 22.6 Å². The van der Waals surface area contributed by atoms with Gasteiger partial charge in [0.2, 0.25) is 0 Å². The van der Waals surface area contributed by atoms with Crippen LogP contribution in [0.25, 0.3) is 0 Å². The van der Waals surface area contributed by atoms with Crippen LogP contribution in [0.15, 0.2) is 41.4 Å². The molecule has 0 saturated carbocycles. The minimum atomic E-state index is -1.59. The topological polar surface area (TPSA) is 38.4 Å². The van der Waals surface area contributed by atoms with Gasteiger partial charge in [-0.1, -0.05) is 30.3 Å². The first-order chi connectivity index (χ1) is 9.00. The maximum atomic E-state index is 13.4. The Morgan fingerprint density at radius 3 is 1.95 bits per heavy atom. The molecule has 98 valence electrons. The molecule has 0 unspecified atom stereocenters. The van der Waals surface area contributed by atoms with Crippen molar-refractivity contribution in [2.45, 2.75) is 0 Å². The summed E-state index contributed by atoms with van der Waals surface area (Å²) in [6, 6.07) is 8.18. The minimum Gasteiger partial charge on any atom is -0.383 e. The number of aliphatic imine (C=N–C) groups is 1. The molecule has 0 aliphatic heterocycles. The van der Waals surface area contributed by atoms with E-state index in [4.69, 9.17) is 5.73 Å². The largest absolute Gasteiger partial charge is 0.383 e. The first-order valence-corrected chi connectivity index (χ1v) is 5.23. The Bertz CT molecular complexity index is 613. The summed E-state index contributed by atoms with van der Waals surface area (Å²) in [5, 5.41) is 0. The first-order valence-electron chi connectivity index (χ1n) is 5.23. The van der Waals surface area contributed by atoms with Crippen molar-refractivity contribution < 1.29 is 17.6 Å². The van der Waals surface area contributed by atoms with E-state index in [0.29, 0.717) is 5.56 Å². The number of nitrogens with two attached hydrogens (primary N) is 1. The van der Waals surface area contributed by atoms with E-state index in [0.717, 1.165) is 0 Å². The third-order valence-corrected chi connectivity index (χ3v) is 2.39. The second-order valence-corrected chi connectivity index (χ2v) is 3.68. The highest BCUT2D eigenvalue weighted by atomic mass is 19.2. The van der Waals surface area contributed by atoms with E-state index in [1.54, 1.807) is 30.3 Å². The van der Waals surface area contributed by atoms with Gasteiger partial charge in [0.1, 0.15) is 11.5 Å². The molecular formula is C13H8F4N2. The molecule has 0 fully saturated rings. The molecule has 2 aromatic rings. The maximum absolute atomic E-state index is 13.4. The highest BCUT2D eigenvalue weighted by molar-refractivity contribution is 5.99. The number of nitrogens with zero attached hydrogens (tertiary/aromatic N) is 1. The smallest absolute Gasteiger partial charge is 0.187 e. The van der Waals surface area contributed by atoms with Crippen LogP contribution in [0, 0.1) is 23.3 Å². The molecule has 0 heterocycles. The van der Waals surface area contributed by atoms with Crippen LogP contribution in [0.2, 0.25) is 0 Å². The van der Waals surface area contributed by atoms with Crippen molar-refractivity contribution in [1.29, 1.82) is 0 Å². The number of hydrogen-bond donors (Lipinski definition) is 1. The normalized spacial score (nSPS) is 11.7. The summed E-state index contributed by atoms with van der Waals surface area (Å²) in [4.78, 5) is 3.41. The molecule has 2 aromatic carbocycles. The Balaban J connectivity index is 2.55. The highest BCUT2D eigenvalue weighted by Crippen LogP contribution is 2.27. The molecule has 0 radical (unpaired) electrons. The number of hydrogen-bond acceptors (Lipinski definition) is 1. The van der Waals surface area contributed by atoms with E-state index in [2.05, 4.69) is 4.99 Å². The second-order valence-electron chi connectivity index (χ2n) is 3.68. The molecule has 2 rings (SSSR count). The fourth-order valence-electron chi connectivity index (χ4n) is 1.45. The van der Waals surface area contributed by atoms with Crippen LogP contribution in [-0.2, 0) is 0 Å².